The van der Waals surface area contributed by atoms with Crippen LogP contribution in [0.1, 0.15) is 144 Å². The summed E-state index contributed by atoms with van der Waals surface area (Å²) < 4.78 is 93.9. The Morgan fingerprint density at radius 3 is 0.680 bits per heavy atom. The lowest BCUT2D eigenvalue weighted by Gasteiger charge is -2.48. The maximum atomic E-state index is 11.5. The molecule has 0 spiro atoms. The molecule has 12 aliphatic rings. The van der Waals surface area contributed by atoms with Gasteiger partial charge < -0.3 is 267 Å². The lowest BCUT2D eigenvalue weighted by molar-refractivity contribution is -0.317. The summed E-state index contributed by atoms with van der Waals surface area (Å²) in [5.74, 6) is -1.07. The summed E-state index contributed by atoms with van der Waals surface area (Å²) in [6.07, 6.45) is -47.5. The molecule has 868 valence electrons. The third-order valence-electron chi connectivity index (χ3n) is 31.3. The summed E-state index contributed by atoms with van der Waals surface area (Å²) in [5, 5.41) is 251. The molecule has 48 N–H and O–H groups in total. The van der Waals surface area contributed by atoms with Crippen molar-refractivity contribution in [1.82, 2.24) is 0 Å². The van der Waals surface area contributed by atoms with E-state index >= 15 is 0 Å². The molecule has 20 unspecified atom stereocenters. The molecule has 8 saturated heterocycles. The lowest BCUT2D eigenvalue weighted by atomic mass is 9.77. The van der Waals surface area contributed by atoms with Crippen molar-refractivity contribution in [2.45, 2.75) is 500 Å². The second-order valence-corrected chi connectivity index (χ2v) is 43.1. The second-order valence-electron chi connectivity index (χ2n) is 43.1. The van der Waals surface area contributed by atoms with E-state index in [0.717, 1.165) is 36.8 Å². The van der Waals surface area contributed by atoms with Crippen molar-refractivity contribution in [3.63, 3.8) is 0 Å². The number of hydrogen-bond acceptors (Lipinski definition) is 52. The molecule has 14 rings (SSSR count). The molecule has 0 bridgehead atoms. The van der Waals surface area contributed by atoms with Gasteiger partial charge in [-0.1, -0.05) is 100 Å². The molecular formula is C98H176N12O40. The number of aliphatic hydroxyl groups excluding tert-OH is 24. The van der Waals surface area contributed by atoms with Gasteiger partial charge in [-0.2, -0.15) is 0 Å². The first-order chi connectivity index (χ1) is 70.8. The normalized spacial score (nSPS) is 47.7. The van der Waals surface area contributed by atoms with Gasteiger partial charge in [0, 0.05) is 48.3 Å². The zero-order valence-electron chi connectivity index (χ0n) is 86.1. The van der Waals surface area contributed by atoms with Crippen LogP contribution in [0.3, 0.4) is 0 Å². The summed E-state index contributed by atoms with van der Waals surface area (Å²) in [5.41, 5.74) is 76.0. The van der Waals surface area contributed by atoms with Crippen LogP contribution in [0.5, 0.6) is 0 Å². The molecule has 0 radical (unpaired) electrons. The topological polar surface area (TPSA) is 945 Å². The van der Waals surface area contributed by atoms with Crippen molar-refractivity contribution >= 4 is 0 Å². The van der Waals surface area contributed by atoms with Crippen LogP contribution in [0, 0.1) is 23.7 Å². The highest BCUT2D eigenvalue weighted by molar-refractivity contribution is 5.18. The fraction of sp³-hybridized carbons (Fsp3) is 0.878. The molecule has 62 atom stereocenters. The molecule has 0 amide bonds. The van der Waals surface area contributed by atoms with Gasteiger partial charge in [0.1, 0.15) is 195 Å². The Hall–Kier alpha value is -3.64. The van der Waals surface area contributed by atoms with E-state index in [4.69, 9.17) is 145 Å². The average molecular weight is 2160 g/mol. The lowest BCUT2D eigenvalue weighted by Crippen LogP contribution is -2.67. The van der Waals surface area contributed by atoms with E-state index < -0.39 is 368 Å². The van der Waals surface area contributed by atoms with Gasteiger partial charge in [0.2, 0.25) is 0 Å². The summed E-state index contributed by atoms with van der Waals surface area (Å²) >= 11 is 0. The van der Waals surface area contributed by atoms with E-state index in [0.29, 0.717) is 64.2 Å². The molecule has 4 saturated carbocycles. The predicted octanol–water partition coefficient (Wildman–Crippen LogP) is -13.5. The van der Waals surface area contributed by atoms with E-state index in [9.17, 15) is 123 Å². The largest absolute Gasteiger partial charge is 0.394 e. The highest BCUT2D eigenvalue weighted by Gasteiger charge is 2.61. The molecule has 4 aliphatic carbocycles. The first-order valence-electron chi connectivity index (χ1n) is 52.6. The molecule has 52 heteroatoms. The van der Waals surface area contributed by atoms with Gasteiger partial charge >= 0.3 is 0 Å². The summed E-state index contributed by atoms with van der Waals surface area (Å²) in [4.78, 5) is 0. The van der Waals surface area contributed by atoms with Crippen molar-refractivity contribution in [3.05, 3.63) is 71.8 Å². The average Bonchev–Trinajstić information content (AvgIpc) is 1.44. The Bertz CT molecular complexity index is 4190. The first-order valence-corrected chi connectivity index (χ1v) is 52.6. The van der Waals surface area contributed by atoms with Crippen LogP contribution < -0.4 is 68.8 Å². The Morgan fingerprint density at radius 1 is 0.260 bits per heavy atom. The minimum absolute atomic E-state index is 0.221. The Morgan fingerprint density at radius 2 is 0.467 bits per heavy atom. The van der Waals surface area contributed by atoms with Gasteiger partial charge in [-0.25, -0.2) is 0 Å². The number of aryl methyl sites for hydroxylation is 2. The van der Waals surface area contributed by atoms with Crippen molar-refractivity contribution < 1.29 is 198 Å². The summed E-state index contributed by atoms with van der Waals surface area (Å²) in [6.45, 7) is 12.2. The summed E-state index contributed by atoms with van der Waals surface area (Å²) in [7, 11) is 0. The van der Waals surface area contributed by atoms with Crippen LogP contribution in [0.2, 0.25) is 0 Å². The molecule has 8 aliphatic heterocycles. The quantitative estimate of drug-likeness (QED) is 0.0301. The standard InChI is InChI=1S/C27H45N3O10.C26H43N3O10.C23H45N3O10.C22H43N3O10/c1-11(28)22-20(35)21(36)27(37-22)40-25-17(32)14(9-8-13-6-4-3-5-7-13)10-15(29)24(25)39-26-16(30)18(33)19(34)23(38-26)12(2)31;1-11(27)22-20(34)21(35)26(37-22)39-24-17(31)13(8-7-12-5-3-2-4-6-12)9-14(28)23(24)38-25-16(29)19(33)18(32)15(10-30)36-25;1-4-5-6-10-7-11(25)20(35-22-12(26)14(29)15(30)19(34-22)9(3)27)21(13(10)28)36-23-17(32)16(31)18(33-23)8(2)24;1-3-4-5-9-6-10(24)19(34-21-12(25)15(29)14(28)11(7-26)32-21)20(13(9)27)35-22-17(31)16(30)18(33-22)8(2)23/h3-7,11-12,14-27,31-36H,8-10,28-30H2,1-2H3;2-6,11,13-26,30-35H,7-10,27-29H2,1H3;8-23,27-32H,4-7,24-26H2,1-3H3;8-22,26-31H,3-7,23-25H2,1-2H3/t11-,12+,14+,15?,16?,17?,18+,19-,20+,21?,22+,23?,24+,25+,26+,27-;11-,13+,14?,15?,16?,17?,18+,19+,20+,21?,22+,23+,24+,25+,26-;8-,9+,10+,11?,12?,13?,14+,15-,16+,17?,18+,19?,20+,21+,22+,23-;8-,9+,10?,11?,12?,13?,14+,15+,16+,17?,18+,19+,20+,21+,22-/m0000/s1. The van der Waals surface area contributed by atoms with Gasteiger partial charge in [0.15, 0.2) is 50.3 Å². The first kappa shape index (κ1) is 126. The minimum Gasteiger partial charge on any atom is -0.394 e. The van der Waals surface area contributed by atoms with E-state index in [1.807, 2.05) is 74.5 Å². The zero-order chi connectivity index (χ0) is 111. The number of hydrogen-bond donors (Lipinski definition) is 36. The second kappa shape index (κ2) is 57.1. The van der Waals surface area contributed by atoms with Crippen LogP contribution in [0.25, 0.3) is 0 Å². The van der Waals surface area contributed by atoms with Crippen LogP contribution in [0.15, 0.2) is 60.7 Å². The summed E-state index contributed by atoms with van der Waals surface area (Å²) in [6, 6.07) is 9.71. The number of aliphatic hydroxyl groups is 24. The van der Waals surface area contributed by atoms with Crippen molar-refractivity contribution in [1.29, 1.82) is 0 Å². The van der Waals surface area contributed by atoms with Gasteiger partial charge in [-0.05, 0) is 141 Å². The third kappa shape index (κ3) is 30.0. The van der Waals surface area contributed by atoms with Crippen molar-refractivity contribution in [2.24, 2.45) is 92.5 Å². The number of nitrogens with two attached hydrogens (primary N) is 12. The number of rotatable bonds is 36. The molecule has 2 aromatic carbocycles. The minimum atomic E-state index is -1.47. The highest BCUT2D eigenvalue weighted by Crippen LogP contribution is 2.45. The Kier molecular flexibility index (Phi) is 48.1. The molecular weight excluding hydrogens is 1990 g/mol. The number of ether oxygens (including phenoxy) is 16. The van der Waals surface area contributed by atoms with Crippen LogP contribution >= 0.6 is 0 Å². The number of unbranched alkanes of at least 4 members (excludes halogenated alkanes) is 2. The molecule has 150 heavy (non-hydrogen) atoms. The van der Waals surface area contributed by atoms with E-state index in [1.54, 1.807) is 27.7 Å². The molecule has 52 nitrogen and oxygen atoms in total. The van der Waals surface area contributed by atoms with Gasteiger partial charge in [-0.15, -0.1) is 0 Å². The van der Waals surface area contributed by atoms with Gasteiger partial charge in [0.05, 0.1) is 74.0 Å². The highest BCUT2D eigenvalue weighted by atomic mass is 16.8. The molecule has 12 fully saturated rings. The third-order valence-corrected chi connectivity index (χ3v) is 31.3. The van der Waals surface area contributed by atoms with E-state index in [2.05, 4.69) is 0 Å². The van der Waals surface area contributed by atoms with Crippen LogP contribution in [-0.2, 0) is 88.6 Å². The Labute approximate surface area is 872 Å². The van der Waals surface area contributed by atoms with Crippen molar-refractivity contribution in [2.75, 3.05) is 13.2 Å². The molecule has 2 aromatic rings. The predicted molar refractivity (Wildman–Crippen MR) is 525 cm³/mol. The van der Waals surface area contributed by atoms with Gasteiger partial charge in [-0.3, -0.25) is 0 Å². The monoisotopic (exact) mass is 2160 g/mol. The fourth-order valence-corrected chi connectivity index (χ4v) is 22.2. The SMILES string of the molecule is CCCC[C@@H]1CC(N)[C@@H](O[C@H]2OC(CO)[C@@H](O)[C@H](O)C2N)[C@H](O[C@@H]2O[C@H]([C@H](C)N)[C@H](O)C2O)C1O.CCCC[C@@H]1CC(N)[C@@H](O[C@H]2OC([C@@H](C)O)[C@@H](O)[C@H](O)C2N)[C@H](O[C@@H]2O[C@H]([C@H](C)N)[C@H](O)C2O)C1O.C[C@H](N)[C@H]1O[C@@H](O[C@@H]2C(O)[C@H](CCc3ccccc3)CC(N)[C@H]2O[C@H]2OC(CO)[C@@H](O)[C@H](O)C2N)C(O)[C@H]1O.C[C@H](N)[C@H]1O[C@@H](O[C@@H]2C(O)[C@H](CCc3ccccc3)CC(N)[C@H]2O[C@H]2OC([C@@H](C)O)[C@@H](O)[C@H](O)C2N)C(O)[C@H]1O. The maximum absolute atomic E-state index is 11.5. The Balaban J connectivity index is 0.000000190. The van der Waals surface area contributed by atoms with E-state index in [-0.39, 0.29) is 23.7 Å². The zero-order valence-corrected chi connectivity index (χ0v) is 86.1. The fourth-order valence-electron chi connectivity index (χ4n) is 22.2. The van der Waals surface area contributed by atoms with Crippen molar-refractivity contribution in [3.8, 4) is 0 Å². The van der Waals surface area contributed by atoms with E-state index in [1.165, 1.54) is 13.8 Å². The smallest absolute Gasteiger partial charge is 0.187 e. The van der Waals surface area contributed by atoms with Crippen LogP contribution in [-0.4, -0.2) is 491 Å². The molecule has 0 aromatic heterocycles. The number of benzene rings is 2. The molecule has 8 heterocycles. The van der Waals surface area contributed by atoms with Crippen LogP contribution in [0.4, 0.5) is 0 Å². The maximum Gasteiger partial charge on any atom is 0.187 e. The van der Waals surface area contributed by atoms with Gasteiger partial charge in [0.25, 0.3) is 0 Å².